The molecule has 0 saturated heterocycles. The Bertz CT molecular complexity index is 137. The monoisotopic (exact) mass is 204 g/mol. The Hall–Kier alpha value is -0.180. The van der Waals surface area contributed by atoms with Crippen LogP contribution in [0.5, 0.6) is 0 Å². The van der Waals surface area contributed by atoms with Gasteiger partial charge in [0, 0.05) is 0 Å². The third-order valence-corrected chi connectivity index (χ3v) is 2.27. The first-order valence-corrected chi connectivity index (χ1v) is 5.58. The smallest absolute Gasteiger partial charge is 0.318 e. The summed E-state index contributed by atoms with van der Waals surface area (Å²) >= 11 is 4.20. The predicted octanol–water partition coefficient (Wildman–Crippen LogP) is 2.82. The Morgan fingerprint density at radius 3 is 2.54 bits per heavy atom. The fraction of sp³-hybridized carbons (Fsp3) is 0.900. The van der Waals surface area contributed by atoms with E-state index in [0.717, 1.165) is 25.7 Å². The zero-order valence-corrected chi connectivity index (χ0v) is 9.48. The first kappa shape index (κ1) is 12.8. The number of carbonyl (C=O) groups is 1. The fourth-order valence-electron chi connectivity index (χ4n) is 1.00. The SMILES string of the molecule is CCCCCC(S)C(=O)OCCC. The molecule has 0 rings (SSSR count). The molecule has 0 aliphatic carbocycles. The van der Waals surface area contributed by atoms with E-state index in [2.05, 4.69) is 19.6 Å². The Kier molecular flexibility index (Phi) is 8.30. The molecule has 0 fully saturated rings. The summed E-state index contributed by atoms with van der Waals surface area (Å²) in [5, 5.41) is -0.224. The van der Waals surface area contributed by atoms with Crippen molar-refractivity contribution in [2.75, 3.05) is 6.61 Å². The number of hydrogen-bond acceptors (Lipinski definition) is 3. The molecule has 78 valence electrons. The Morgan fingerprint density at radius 1 is 1.31 bits per heavy atom. The predicted molar refractivity (Wildman–Crippen MR) is 58.2 cm³/mol. The molecule has 0 spiro atoms. The number of esters is 1. The van der Waals surface area contributed by atoms with Crippen LogP contribution >= 0.6 is 12.6 Å². The van der Waals surface area contributed by atoms with Gasteiger partial charge in [-0.25, -0.2) is 0 Å². The summed E-state index contributed by atoms with van der Waals surface area (Å²) in [5.41, 5.74) is 0. The number of unbranched alkanes of at least 4 members (excludes halogenated alkanes) is 2. The summed E-state index contributed by atoms with van der Waals surface area (Å²) in [6, 6.07) is 0. The lowest BCUT2D eigenvalue weighted by molar-refractivity contribution is -0.143. The van der Waals surface area contributed by atoms with Crippen LogP contribution in [-0.4, -0.2) is 17.8 Å². The third-order valence-electron chi connectivity index (χ3n) is 1.80. The minimum atomic E-state index is -0.224. The van der Waals surface area contributed by atoms with E-state index >= 15 is 0 Å². The maximum absolute atomic E-state index is 11.2. The van der Waals surface area contributed by atoms with E-state index in [-0.39, 0.29) is 11.2 Å². The van der Waals surface area contributed by atoms with Crippen molar-refractivity contribution < 1.29 is 9.53 Å². The van der Waals surface area contributed by atoms with Gasteiger partial charge >= 0.3 is 5.97 Å². The second-order valence-corrected chi connectivity index (χ2v) is 3.80. The van der Waals surface area contributed by atoms with E-state index in [9.17, 15) is 4.79 Å². The first-order valence-electron chi connectivity index (χ1n) is 5.07. The molecule has 0 N–H and O–H groups in total. The van der Waals surface area contributed by atoms with Gasteiger partial charge in [0.05, 0.1) is 11.9 Å². The Morgan fingerprint density at radius 2 is 2.00 bits per heavy atom. The van der Waals surface area contributed by atoms with Crippen molar-refractivity contribution in [1.82, 2.24) is 0 Å². The quantitative estimate of drug-likeness (QED) is 0.392. The van der Waals surface area contributed by atoms with Gasteiger partial charge in [0.1, 0.15) is 0 Å². The van der Waals surface area contributed by atoms with Crippen molar-refractivity contribution in [1.29, 1.82) is 0 Å². The number of ether oxygens (including phenoxy) is 1. The van der Waals surface area contributed by atoms with Crippen molar-refractivity contribution >= 4 is 18.6 Å². The van der Waals surface area contributed by atoms with Crippen LogP contribution in [0.15, 0.2) is 0 Å². The van der Waals surface area contributed by atoms with Crippen LogP contribution in [0.2, 0.25) is 0 Å². The van der Waals surface area contributed by atoms with E-state index in [1.165, 1.54) is 6.42 Å². The molecular weight excluding hydrogens is 184 g/mol. The highest BCUT2D eigenvalue weighted by atomic mass is 32.1. The van der Waals surface area contributed by atoms with E-state index in [4.69, 9.17) is 4.74 Å². The number of hydrogen-bond donors (Lipinski definition) is 1. The molecular formula is C10H20O2S. The summed E-state index contributed by atoms with van der Waals surface area (Å²) in [5.74, 6) is -0.165. The highest BCUT2D eigenvalue weighted by molar-refractivity contribution is 7.81. The van der Waals surface area contributed by atoms with E-state index in [0.29, 0.717) is 6.61 Å². The number of rotatable bonds is 7. The van der Waals surface area contributed by atoms with Gasteiger partial charge in [0.25, 0.3) is 0 Å². The molecule has 2 nitrogen and oxygen atoms in total. The second-order valence-electron chi connectivity index (χ2n) is 3.18. The molecule has 1 unspecified atom stereocenters. The molecule has 0 amide bonds. The van der Waals surface area contributed by atoms with Crippen molar-refractivity contribution in [3.8, 4) is 0 Å². The maximum atomic E-state index is 11.2. The first-order chi connectivity index (χ1) is 6.22. The molecule has 13 heavy (non-hydrogen) atoms. The van der Waals surface area contributed by atoms with E-state index in [1.807, 2.05) is 6.92 Å². The van der Waals surface area contributed by atoms with Crippen LogP contribution in [0, 0.1) is 0 Å². The van der Waals surface area contributed by atoms with Crippen LogP contribution < -0.4 is 0 Å². The van der Waals surface area contributed by atoms with Gasteiger partial charge in [-0.1, -0.05) is 33.1 Å². The minimum absolute atomic E-state index is 0.165. The third kappa shape index (κ3) is 6.94. The summed E-state index contributed by atoms with van der Waals surface area (Å²) in [7, 11) is 0. The van der Waals surface area contributed by atoms with E-state index < -0.39 is 0 Å². The summed E-state index contributed by atoms with van der Waals surface area (Å²) in [6.07, 6.45) is 5.11. The summed E-state index contributed by atoms with van der Waals surface area (Å²) in [6.45, 7) is 4.64. The average molecular weight is 204 g/mol. The maximum Gasteiger partial charge on any atom is 0.318 e. The highest BCUT2D eigenvalue weighted by Crippen LogP contribution is 2.10. The topological polar surface area (TPSA) is 26.3 Å². The molecule has 3 heteroatoms. The van der Waals surface area contributed by atoms with Gasteiger partial charge in [0.15, 0.2) is 0 Å². The summed E-state index contributed by atoms with van der Waals surface area (Å²) < 4.78 is 4.97. The Balaban J connectivity index is 3.45. The van der Waals surface area contributed by atoms with Crippen LogP contribution in [0.4, 0.5) is 0 Å². The van der Waals surface area contributed by atoms with Gasteiger partial charge in [-0.15, -0.1) is 0 Å². The van der Waals surface area contributed by atoms with Gasteiger partial charge < -0.3 is 4.74 Å². The lowest BCUT2D eigenvalue weighted by Gasteiger charge is -2.09. The van der Waals surface area contributed by atoms with Crippen molar-refractivity contribution in [2.24, 2.45) is 0 Å². The van der Waals surface area contributed by atoms with Crippen molar-refractivity contribution in [3.05, 3.63) is 0 Å². The van der Waals surface area contributed by atoms with Gasteiger partial charge in [-0.2, -0.15) is 12.6 Å². The van der Waals surface area contributed by atoms with Crippen LogP contribution in [0.25, 0.3) is 0 Å². The standard InChI is InChI=1S/C10H20O2S/c1-3-5-6-7-9(13)10(11)12-8-4-2/h9,13H,3-8H2,1-2H3. The molecule has 0 aliphatic rings. The molecule has 0 saturated carbocycles. The summed E-state index contributed by atoms with van der Waals surface area (Å²) in [4.78, 5) is 11.2. The van der Waals surface area contributed by atoms with Gasteiger partial charge in [0.2, 0.25) is 0 Å². The lowest BCUT2D eigenvalue weighted by Crippen LogP contribution is -2.18. The molecule has 0 radical (unpaired) electrons. The fourth-order valence-corrected chi connectivity index (χ4v) is 1.26. The number of carbonyl (C=O) groups excluding carboxylic acids is 1. The van der Waals surface area contributed by atoms with Crippen molar-refractivity contribution in [2.45, 2.75) is 51.2 Å². The zero-order chi connectivity index (χ0) is 10.1. The molecule has 0 bridgehead atoms. The van der Waals surface area contributed by atoms with E-state index in [1.54, 1.807) is 0 Å². The molecule has 0 aromatic carbocycles. The molecule has 0 aliphatic heterocycles. The second kappa shape index (κ2) is 8.42. The molecule has 0 aromatic rings. The normalized spacial score (nSPS) is 12.5. The minimum Gasteiger partial charge on any atom is -0.465 e. The average Bonchev–Trinajstić information content (AvgIpc) is 2.14. The Labute approximate surface area is 86.5 Å². The van der Waals surface area contributed by atoms with Crippen LogP contribution in [-0.2, 0) is 9.53 Å². The highest BCUT2D eigenvalue weighted by Gasteiger charge is 2.13. The van der Waals surface area contributed by atoms with Crippen LogP contribution in [0.1, 0.15) is 46.0 Å². The zero-order valence-electron chi connectivity index (χ0n) is 8.58. The molecule has 1 atom stereocenters. The molecule has 0 aromatic heterocycles. The lowest BCUT2D eigenvalue weighted by atomic mass is 10.1. The van der Waals surface area contributed by atoms with Crippen molar-refractivity contribution in [3.63, 3.8) is 0 Å². The largest absolute Gasteiger partial charge is 0.465 e. The van der Waals surface area contributed by atoms with Crippen LogP contribution in [0.3, 0.4) is 0 Å². The van der Waals surface area contributed by atoms with Gasteiger partial charge in [-0.3, -0.25) is 4.79 Å². The van der Waals surface area contributed by atoms with Gasteiger partial charge in [-0.05, 0) is 12.8 Å². The number of thiol groups is 1. The molecule has 0 heterocycles.